The number of nitrogens with one attached hydrogen (secondary N) is 1. The second-order valence-electron chi connectivity index (χ2n) is 5.73. The van der Waals surface area contributed by atoms with Crippen LogP contribution in [0.5, 0.6) is 0 Å². The Balaban J connectivity index is 1.78. The van der Waals surface area contributed by atoms with Crippen LogP contribution in [0.15, 0.2) is 54.6 Å². The zero-order valence-corrected chi connectivity index (χ0v) is 15.1. The molecular formula is C20H21NO4S. The monoisotopic (exact) mass is 371 g/mol. The summed E-state index contributed by atoms with van der Waals surface area (Å²) in [6.45, 7) is 0. The van der Waals surface area contributed by atoms with Gasteiger partial charge in [-0.2, -0.15) is 11.8 Å². The molecule has 0 saturated heterocycles. The van der Waals surface area contributed by atoms with Crippen molar-refractivity contribution in [3.63, 3.8) is 0 Å². The van der Waals surface area contributed by atoms with Gasteiger partial charge in [-0.1, -0.05) is 42.5 Å². The van der Waals surface area contributed by atoms with E-state index in [-0.39, 0.29) is 31.0 Å². The van der Waals surface area contributed by atoms with Crippen molar-refractivity contribution in [3.05, 3.63) is 65.7 Å². The number of aliphatic carboxylic acids is 1. The molecule has 0 fully saturated rings. The quantitative estimate of drug-likeness (QED) is 0.487. The van der Waals surface area contributed by atoms with Gasteiger partial charge in [-0.25, -0.2) is 0 Å². The van der Waals surface area contributed by atoms with Gasteiger partial charge >= 0.3 is 5.97 Å². The number of carbonyl (C=O) groups is 3. The van der Waals surface area contributed by atoms with Gasteiger partial charge in [0, 0.05) is 35.6 Å². The second-order valence-corrected chi connectivity index (χ2v) is 6.84. The van der Waals surface area contributed by atoms with Gasteiger partial charge in [0.15, 0.2) is 5.78 Å². The number of hydrogen-bond acceptors (Lipinski definition) is 4. The second kappa shape index (κ2) is 10.4. The van der Waals surface area contributed by atoms with Crippen molar-refractivity contribution in [2.75, 3.05) is 11.1 Å². The number of amides is 1. The number of carboxylic acid groups (broad SMARTS) is 1. The maximum absolute atomic E-state index is 12.1. The number of rotatable bonds is 10. The van der Waals surface area contributed by atoms with Crippen LogP contribution in [-0.2, 0) is 15.3 Å². The van der Waals surface area contributed by atoms with E-state index in [0.717, 1.165) is 5.56 Å². The third-order valence-corrected chi connectivity index (χ3v) is 4.64. The maximum Gasteiger partial charge on any atom is 0.304 e. The van der Waals surface area contributed by atoms with Gasteiger partial charge < -0.3 is 10.4 Å². The Labute approximate surface area is 156 Å². The van der Waals surface area contributed by atoms with Crippen molar-refractivity contribution in [3.8, 4) is 0 Å². The van der Waals surface area contributed by atoms with E-state index in [4.69, 9.17) is 5.11 Å². The van der Waals surface area contributed by atoms with E-state index in [1.165, 1.54) is 11.8 Å². The Morgan fingerprint density at radius 1 is 0.923 bits per heavy atom. The summed E-state index contributed by atoms with van der Waals surface area (Å²) in [6.07, 6.45) is 0.433. The summed E-state index contributed by atoms with van der Waals surface area (Å²) in [4.78, 5) is 34.6. The third-order valence-electron chi connectivity index (χ3n) is 3.61. The minimum atomic E-state index is -0.802. The fraction of sp³-hybridized carbons (Fsp3) is 0.250. The van der Waals surface area contributed by atoms with Crippen molar-refractivity contribution < 1.29 is 19.5 Å². The molecule has 2 N–H and O–H groups in total. The van der Waals surface area contributed by atoms with Gasteiger partial charge in [-0.3, -0.25) is 14.4 Å². The average molecular weight is 371 g/mol. The Kier molecular flexibility index (Phi) is 7.89. The van der Waals surface area contributed by atoms with Crippen LogP contribution >= 0.6 is 11.8 Å². The standard InChI is InChI=1S/C20H21NO4S/c22-18(16-6-2-1-3-7-16)9-10-19(23)21-17-8-4-5-15(13-17)14-26-12-11-20(24)25/h1-8,13H,9-12,14H2,(H,21,23)(H,24,25). The Morgan fingerprint density at radius 3 is 2.42 bits per heavy atom. The lowest BCUT2D eigenvalue weighted by atomic mass is 10.1. The van der Waals surface area contributed by atoms with E-state index >= 15 is 0 Å². The number of thioether (sulfide) groups is 1. The van der Waals surface area contributed by atoms with Crippen molar-refractivity contribution in [2.45, 2.75) is 25.0 Å². The summed E-state index contributed by atoms with van der Waals surface area (Å²) in [5, 5.41) is 11.4. The van der Waals surface area contributed by atoms with E-state index in [0.29, 0.717) is 22.8 Å². The molecule has 136 valence electrons. The number of carbonyl (C=O) groups excluding carboxylic acids is 2. The molecule has 1 amide bonds. The van der Waals surface area contributed by atoms with Crippen LogP contribution in [0.1, 0.15) is 35.2 Å². The first-order chi connectivity index (χ1) is 12.5. The van der Waals surface area contributed by atoms with E-state index in [1.807, 2.05) is 24.3 Å². The molecule has 0 saturated carbocycles. The number of Topliss-reactive ketones (excluding diaryl/α,β-unsaturated/α-hetero) is 1. The Bertz CT molecular complexity index is 761. The van der Waals surface area contributed by atoms with Gasteiger partial charge in [0.1, 0.15) is 0 Å². The lowest BCUT2D eigenvalue weighted by Crippen LogP contribution is -2.13. The van der Waals surface area contributed by atoms with Crippen LogP contribution in [0.4, 0.5) is 5.69 Å². The fourth-order valence-corrected chi connectivity index (χ4v) is 3.19. The molecule has 2 aromatic rings. The van der Waals surface area contributed by atoms with Crippen molar-refractivity contribution in [2.24, 2.45) is 0 Å². The highest BCUT2D eigenvalue weighted by atomic mass is 32.2. The summed E-state index contributed by atoms with van der Waals surface area (Å²) in [7, 11) is 0. The molecule has 2 rings (SSSR count). The van der Waals surface area contributed by atoms with Crippen molar-refractivity contribution in [1.29, 1.82) is 0 Å². The molecule has 5 nitrogen and oxygen atoms in total. The van der Waals surface area contributed by atoms with E-state index in [2.05, 4.69) is 5.32 Å². The zero-order chi connectivity index (χ0) is 18.8. The minimum absolute atomic E-state index is 0.0515. The van der Waals surface area contributed by atoms with Crippen molar-refractivity contribution in [1.82, 2.24) is 0 Å². The molecule has 0 aliphatic rings. The molecule has 6 heteroatoms. The number of anilines is 1. The predicted molar refractivity (Wildman–Crippen MR) is 103 cm³/mol. The molecule has 0 unspecified atom stereocenters. The Hall–Kier alpha value is -2.60. The van der Waals surface area contributed by atoms with E-state index in [1.54, 1.807) is 30.3 Å². The van der Waals surface area contributed by atoms with Crippen LogP contribution < -0.4 is 5.32 Å². The molecular weight excluding hydrogens is 350 g/mol. The first kappa shape index (κ1) is 19.7. The van der Waals surface area contributed by atoms with Crippen molar-refractivity contribution >= 4 is 35.1 Å². The van der Waals surface area contributed by atoms with Crippen LogP contribution in [-0.4, -0.2) is 28.5 Å². The van der Waals surface area contributed by atoms with Crippen LogP contribution in [0.2, 0.25) is 0 Å². The molecule has 0 aliphatic heterocycles. The summed E-state index contributed by atoms with van der Waals surface area (Å²) in [5.74, 6) is 0.176. The number of ketones is 1. The fourth-order valence-electron chi connectivity index (χ4n) is 2.31. The van der Waals surface area contributed by atoms with E-state index in [9.17, 15) is 14.4 Å². The summed E-state index contributed by atoms with van der Waals surface area (Å²) in [5.41, 5.74) is 2.30. The largest absolute Gasteiger partial charge is 0.481 e. The minimum Gasteiger partial charge on any atom is -0.481 e. The van der Waals surface area contributed by atoms with Crippen LogP contribution in [0.3, 0.4) is 0 Å². The Morgan fingerprint density at radius 2 is 1.69 bits per heavy atom. The first-order valence-electron chi connectivity index (χ1n) is 8.31. The number of carboxylic acids is 1. The third kappa shape index (κ3) is 7.11. The van der Waals surface area contributed by atoms with Gasteiger partial charge in [0.05, 0.1) is 6.42 Å². The molecule has 0 heterocycles. The molecule has 0 spiro atoms. The smallest absolute Gasteiger partial charge is 0.304 e. The summed E-state index contributed by atoms with van der Waals surface area (Å²) in [6, 6.07) is 16.4. The predicted octanol–water partition coefficient (Wildman–Crippen LogP) is 4.00. The van der Waals surface area contributed by atoms with E-state index < -0.39 is 5.97 Å². The highest BCUT2D eigenvalue weighted by Gasteiger charge is 2.09. The zero-order valence-electron chi connectivity index (χ0n) is 14.3. The molecule has 26 heavy (non-hydrogen) atoms. The first-order valence-corrected chi connectivity index (χ1v) is 9.46. The lowest BCUT2D eigenvalue weighted by Gasteiger charge is -2.07. The lowest BCUT2D eigenvalue weighted by molar-refractivity contribution is -0.136. The van der Waals surface area contributed by atoms with Crippen LogP contribution in [0.25, 0.3) is 0 Å². The van der Waals surface area contributed by atoms with Gasteiger partial charge in [0.2, 0.25) is 5.91 Å². The summed E-state index contributed by atoms with van der Waals surface area (Å²) < 4.78 is 0. The highest BCUT2D eigenvalue weighted by Crippen LogP contribution is 2.17. The molecule has 2 aromatic carbocycles. The molecule has 0 bridgehead atoms. The molecule has 0 aromatic heterocycles. The number of benzene rings is 2. The normalized spacial score (nSPS) is 10.3. The van der Waals surface area contributed by atoms with Crippen LogP contribution in [0, 0.1) is 0 Å². The van der Waals surface area contributed by atoms with Gasteiger partial charge in [-0.05, 0) is 17.7 Å². The molecule has 0 aliphatic carbocycles. The highest BCUT2D eigenvalue weighted by molar-refractivity contribution is 7.98. The SMILES string of the molecule is O=C(O)CCSCc1cccc(NC(=O)CCC(=O)c2ccccc2)c1. The topological polar surface area (TPSA) is 83.5 Å². The van der Waals surface area contributed by atoms with Gasteiger partial charge in [-0.15, -0.1) is 0 Å². The maximum atomic E-state index is 12.1. The average Bonchev–Trinajstić information content (AvgIpc) is 2.64. The summed E-state index contributed by atoms with van der Waals surface area (Å²) >= 11 is 1.54. The number of hydrogen-bond donors (Lipinski definition) is 2. The van der Waals surface area contributed by atoms with Gasteiger partial charge in [0.25, 0.3) is 0 Å². The molecule has 0 atom stereocenters. The molecule has 0 radical (unpaired) electrons.